The summed E-state index contributed by atoms with van der Waals surface area (Å²) < 4.78 is 52.4. The van der Waals surface area contributed by atoms with Crippen LogP contribution in [-0.4, -0.2) is 16.5 Å². The molecule has 0 radical (unpaired) electrons. The van der Waals surface area contributed by atoms with E-state index < -0.39 is 17.6 Å². The van der Waals surface area contributed by atoms with Crippen LogP contribution in [0.3, 0.4) is 0 Å². The lowest BCUT2D eigenvalue weighted by Crippen LogP contribution is -2.07. The first kappa shape index (κ1) is 17.7. The molecule has 0 spiro atoms. The zero-order valence-electron chi connectivity index (χ0n) is 13.4. The summed E-state index contributed by atoms with van der Waals surface area (Å²) in [4.78, 5) is 7.96. The second kappa shape index (κ2) is 7.40. The molecule has 132 valence electrons. The van der Waals surface area contributed by atoms with Gasteiger partial charge in [0.05, 0.1) is 5.56 Å². The van der Waals surface area contributed by atoms with Crippen molar-refractivity contribution in [2.75, 3.05) is 11.9 Å². The molecule has 0 saturated carbocycles. The van der Waals surface area contributed by atoms with Crippen molar-refractivity contribution >= 4 is 16.7 Å². The van der Waals surface area contributed by atoms with Crippen LogP contribution in [0.1, 0.15) is 17.5 Å². The predicted octanol–water partition coefficient (Wildman–Crippen LogP) is 4.64. The fraction of sp³-hybridized carbons (Fsp3) is 0.158. The van der Waals surface area contributed by atoms with E-state index in [-0.39, 0.29) is 11.1 Å². The number of anilines is 1. The average Bonchev–Trinajstić information content (AvgIpc) is 2.61. The second-order valence-electron chi connectivity index (χ2n) is 5.38. The van der Waals surface area contributed by atoms with Crippen LogP contribution in [0.4, 0.5) is 23.4 Å². The van der Waals surface area contributed by atoms with Gasteiger partial charge in [-0.25, -0.2) is 14.4 Å². The highest BCUT2D eigenvalue weighted by atomic mass is 19.4. The molecule has 1 heterocycles. The second-order valence-corrected chi connectivity index (χ2v) is 5.38. The van der Waals surface area contributed by atoms with E-state index in [4.69, 9.17) is 0 Å². The van der Waals surface area contributed by atoms with Crippen LogP contribution in [0.5, 0.6) is 0 Å². The third-order valence-electron chi connectivity index (χ3n) is 3.61. The number of fused-ring (bicyclic) bond motifs is 1. The smallest absolute Gasteiger partial charge is 0.368 e. The van der Waals surface area contributed by atoms with Crippen LogP contribution in [0.2, 0.25) is 0 Å². The van der Waals surface area contributed by atoms with Crippen LogP contribution in [-0.2, 0) is 6.18 Å². The molecule has 0 amide bonds. The molecule has 26 heavy (non-hydrogen) atoms. The van der Waals surface area contributed by atoms with Gasteiger partial charge in [-0.05, 0) is 24.3 Å². The molecule has 0 aliphatic heterocycles. The Labute approximate surface area is 147 Å². The van der Waals surface area contributed by atoms with Crippen molar-refractivity contribution < 1.29 is 17.6 Å². The van der Waals surface area contributed by atoms with Crippen molar-refractivity contribution in [2.24, 2.45) is 0 Å². The van der Waals surface area contributed by atoms with Gasteiger partial charge in [-0.15, -0.1) is 0 Å². The van der Waals surface area contributed by atoms with Gasteiger partial charge in [0.25, 0.3) is 0 Å². The van der Waals surface area contributed by atoms with Gasteiger partial charge in [0.2, 0.25) is 0 Å². The molecule has 3 aromatic rings. The number of para-hydroxylation sites is 1. The topological polar surface area (TPSA) is 37.8 Å². The fourth-order valence-electron chi connectivity index (χ4n) is 2.43. The number of nitrogens with zero attached hydrogens (tertiary/aromatic N) is 2. The zero-order chi connectivity index (χ0) is 18.6. The number of alkyl halides is 3. The van der Waals surface area contributed by atoms with Gasteiger partial charge in [0.15, 0.2) is 0 Å². The molecule has 0 saturated heterocycles. The molecule has 2 aromatic carbocycles. The Balaban J connectivity index is 1.69. The highest BCUT2D eigenvalue weighted by Crippen LogP contribution is 2.31. The Kier molecular flexibility index (Phi) is 5.03. The molecule has 0 unspecified atom stereocenters. The van der Waals surface area contributed by atoms with Crippen molar-refractivity contribution in [2.45, 2.75) is 12.6 Å². The van der Waals surface area contributed by atoms with E-state index in [1.165, 1.54) is 30.6 Å². The molecule has 3 nitrogen and oxygen atoms in total. The molecule has 0 bridgehead atoms. The molecule has 0 aliphatic rings. The van der Waals surface area contributed by atoms with Crippen LogP contribution < -0.4 is 5.32 Å². The van der Waals surface area contributed by atoms with E-state index in [0.29, 0.717) is 24.2 Å². The Bertz CT molecular complexity index is 987. The van der Waals surface area contributed by atoms with Crippen molar-refractivity contribution in [3.63, 3.8) is 0 Å². The van der Waals surface area contributed by atoms with Gasteiger partial charge in [0.1, 0.15) is 23.5 Å². The largest absolute Gasteiger partial charge is 0.417 e. The van der Waals surface area contributed by atoms with E-state index in [9.17, 15) is 17.6 Å². The molecule has 1 N–H and O–H groups in total. The number of halogens is 4. The maximum Gasteiger partial charge on any atom is 0.417 e. The molecule has 0 fully saturated rings. The van der Waals surface area contributed by atoms with Crippen LogP contribution in [0.25, 0.3) is 10.9 Å². The number of nitrogens with one attached hydrogen (secondary N) is 1. The summed E-state index contributed by atoms with van der Waals surface area (Å²) in [5, 5.41) is 3.53. The van der Waals surface area contributed by atoms with Gasteiger partial charge in [-0.2, -0.15) is 13.2 Å². The number of hydrogen-bond acceptors (Lipinski definition) is 3. The lowest BCUT2D eigenvalue weighted by atomic mass is 10.1. The Hall–Kier alpha value is -3.14. The van der Waals surface area contributed by atoms with Crippen LogP contribution in [0, 0.1) is 17.7 Å². The predicted molar refractivity (Wildman–Crippen MR) is 90.9 cm³/mol. The van der Waals surface area contributed by atoms with Gasteiger partial charge in [0, 0.05) is 23.9 Å². The Morgan fingerprint density at radius 3 is 2.62 bits per heavy atom. The molecular formula is C19H13F4N3. The third kappa shape index (κ3) is 3.91. The summed E-state index contributed by atoms with van der Waals surface area (Å²) in [6, 6.07) is 9.73. The highest BCUT2D eigenvalue weighted by Gasteiger charge is 2.32. The Morgan fingerprint density at radius 2 is 1.81 bits per heavy atom. The first-order valence-electron chi connectivity index (χ1n) is 7.75. The zero-order valence-corrected chi connectivity index (χ0v) is 13.4. The van der Waals surface area contributed by atoms with E-state index in [2.05, 4.69) is 27.1 Å². The van der Waals surface area contributed by atoms with E-state index in [1.54, 1.807) is 12.1 Å². The lowest BCUT2D eigenvalue weighted by molar-refractivity contribution is -0.137. The normalized spacial score (nSPS) is 11.1. The SMILES string of the molecule is Fc1cccc2c(NCCC#Cc3ccccc3C(F)(F)F)ncnc12. The van der Waals surface area contributed by atoms with Crippen LogP contribution in [0.15, 0.2) is 48.8 Å². The molecule has 7 heteroatoms. The Morgan fingerprint density at radius 1 is 1.00 bits per heavy atom. The summed E-state index contributed by atoms with van der Waals surface area (Å²) in [5.41, 5.74) is -0.609. The van der Waals surface area contributed by atoms with Crippen molar-refractivity contribution in [1.82, 2.24) is 9.97 Å². The quantitative estimate of drug-likeness (QED) is 0.421. The molecule has 3 rings (SSSR count). The minimum Gasteiger partial charge on any atom is -0.368 e. The molecule has 0 atom stereocenters. The monoisotopic (exact) mass is 359 g/mol. The van der Waals surface area contributed by atoms with Crippen molar-refractivity contribution in [3.05, 3.63) is 65.7 Å². The number of rotatable bonds is 3. The molecule has 0 aliphatic carbocycles. The first-order valence-corrected chi connectivity index (χ1v) is 7.75. The molecular weight excluding hydrogens is 346 g/mol. The van der Waals surface area contributed by atoms with E-state index in [1.807, 2.05) is 0 Å². The summed E-state index contributed by atoms with van der Waals surface area (Å²) in [7, 11) is 0. The number of benzene rings is 2. The first-order chi connectivity index (χ1) is 12.5. The number of hydrogen-bond donors (Lipinski definition) is 1. The maximum atomic E-state index is 13.7. The third-order valence-corrected chi connectivity index (χ3v) is 3.61. The maximum absolute atomic E-state index is 13.7. The average molecular weight is 359 g/mol. The summed E-state index contributed by atoms with van der Waals surface area (Å²) in [6.07, 6.45) is -2.89. The van der Waals surface area contributed by atoms with Crippen LogP contribution >= 0.6 is 0 Å². The van der Waals surface area contributed by atoms with Crippen molar-refractivity contribution in [3.8, 4) is 11.8 Å². The fourth-order valence-corrected chi connectivity index (χ4v) is 2.43. The van der Waals surface area contributed by atoms with Gasteiger partial charge in [-0.1, -0.05) is 30.0 Å². The summed E-state index contributed by atoms with van der Waals surface area (Å²) >= 11 is 0. The van der Waals surface area contributed by atoms with Gasteiger partial charge >= 0.3 is 6.18 Å². The number of aromatic nitrogens is 2. The summed E-state index contributed by atoms with van der Waals surface area (Å²) in [5.74, 6) is 5.27. The van der Waals surface area contributed by atoms with Gasteiger partial charge < -0.3 is 5.32 Å². The van der Waals surface area contributed by atoms with Crippen molar-refractivity contribution in [1.29, 1.82) is 0 Å². The standard InChI is InChI=1S/C19H13F4N3/c20-16-10-5-8-14-17(16)25-12-26-18(14)24-11-4-3-7-13-6-1-2-9-15(13)19(21,22)23/h1-2,5-6,8-10,12H,4,11H2,(H,24,25,26). The summed E-state index contributed by atoms with van der Waals surface area (Å²) in [6.45, 7) is 0.351. The lowest BCUT2D eigenvalue weighted by Gasteiger charge is -2.08. The van der Waals surface area contributed by atoms with E-state index >= 15 is 0 Å². The highest BCUT2D eigenvalue weighted by molar-refractivity contribution is 5.89. The molecule has 1 aromatic heterocycles. The van der Waals surface area contributed by atoms with Gasteiger partial charge in [-0.3, -0.25) is 0 Å². The van der Waals surface area contributed by atoms with E-state index in [0.717, 1.165) is 6.07 Å². The minimum atomic E-state index is -4.44. The minimum absolute atomic E-state index is 0.0606.